The molecule has 3 aromatic rings. The number of aromatic nitrogens is 6. The SMILES string of the molecule is Clc1nnc(Sc2cccc(-c3cnccn3)c2Cl)nn1. The second-order valence-electron chi connectivity index (χ2n) is 3.76. The zero-order valence-corrected chi connectivity index (χ0v) is 12.6. The van der Waals surface area contributed by atoms with Crippen molar-refractivity contribution in [3.8, 4) is 11.3 Å². The average Bonchev–Trinajstić information content (AvgIpc) is 2.52. The third-order valence-corrected chi connectivity index (χ3v) is 4.02. The quantitative estimate of drug-likeness (QED) is 0.726. The fourth-order valence-electron chi connectivity index (χ4n) is 1.57. The van der Waals surface area contributed by atoms with E-state index in [-0.39, 0.29) is 5.28 Å². The summed E-state index contributed by atoms with van der Waals surface area (Å²) in [6.45, 7) is 0. The van der Waals surface area contributed by atoms with Crippen LogP contribution < -0.4 is 0 Å². The summed E-state index contributed by atoms with van der Waals surface area (Å²) < 4.78 is 0. The molecule has 21 heavy (non-hydrogen) atoms. The molecule has 0 fully saturated rings. The van der Waals surface area contributed by atoms with Crippen LogP contribution in [0, 0.1) is 0 Å². The van der Waals surface area contributed by atoms with E-state index in [4.69, 9.17) is 23.2 Å². The maximum absolute atomic E-state index is 6.41. The standard InChI is InChI=1S/C12H6Cl2N6S/c13-10-7(8-6-15-4-5-16-8)2-1-3-9(10)21-12-19-17-11(14)18-20-12/h1-6H. The van der Waals surface area contributed by atoms with Crippen molar-refractivity contribution < 1.29 is 0 Å². The first kappa shape index (κ1) is 14.1. The Labute approximate surface area is 134 Å². The lowest BCUT2D eigenvalue weighted by Gasteiger charge is -2.07. The van der Waals surface area contributed by atoms with Crippen molar-refractivity contribution in [1.82, 2.24) is 30.4 Å². The van der Waals surface area contributed by atoms with Crippen LogP contribution in [-0.2, 0) is 0 Å². The summed E-state index contributed by atoms with van der Waals surface area (Å²) in [4.78, 5) is 9.05. The van der Waals surface area contributed by atoms with Gasteiger partial charge in [0.15, 0.2) is 0 Å². The van der Waals surface area contributed by atoms with Gasteiger partial charge < -0.3 is 0 Å². The normalized spacial score (nSPS) is 10.6. The van der Waals surface area contributed by atoms with Gasteiger partial charge in [0.25, 0.3) is 5.28 Å². The average molecular weight is 337 g/mol. The van der Waals surface area contributed by atoms with Crippen LogP contribution in [0.2, 0.25) is 10.3 Å². The number of rotatable bonds is 3. The first-order valence-corrected chi connectivity index (χ1v) is 7.27. The van der Waals surface area contributed by atoms with Gasteiger partial charge in [0.2, 0.25) is 5.16 Å². The van der Waals surface area contributed by atoms with Crippen molar-refractivity contribution in [3.63, 3.8) is 0 Å². The monoisotopic (exact) mass is 336 g/mol. The molecule has 0 aliphatic rings. The number of nitrogens with zero attached hydrogens (tertiary/aromatic N) is 6. The lowest BCUT2D eigenvalue weighted by Crippen LogP contribution is -1.94. The molecule has 0 bridgehead atoms. The minimum atomic E-state index is -0.00115. The van der Waals surface area contributed by atoms with Crippen molar-refractivity contribution in [2.45, 2.75) is 10.1 Å². The largest absolute Gasteiger partial charge is 0.262 e. The molecule has 0 unspecified atom stereocenters. The molecule has 104 valence electrons. The molecule has 0 aliphatic heterocycles. The summed E-state index contributed by atoms with van der Waals surface area (Å²) in [6, 6.07) is 5.59. The van der Waals surface area contributed by atoms with Crippen LogP contribution in [0.4, 0.5) is 0 Å². The van der Waals surface area contributed by atoms with E-state index in [9.17, 15) is 0 Å². The molecule has 0 saturated carbocycles. The summed E-state index contributed by atoms with van der Waals surface area (Å²) in [5, 5.41) is 15.9. The zero-order valence-electron chi connectivity index (χ0n) is 10.3. The van der Waals surface area contributed by atoms with Crippen LogP contribution in [0.3, 0.4) is 0 Å². The van der Waals surface area contributed by atoms with Gasteiger partial charge in [-0.05, 0) is 29.4 Å². The van der Waals surface area contributed by atoms with Crippen LogP contribution >= 0.6 is 35.0 Å². The van der Waals surface area contributed by atoms with Crippen LogP contribution in [0.15, 0.2) is 46.8 Å². The second-order valence-corrected chi connectivity index (χ2v) is 5.49. The predicted molar refractivity (Wildman–Crippen MR) is 79.2 cm³/mol. The lowest BCUT2D eigenvalue weighted by molar-refractivity contribution is 0.745. The maximum Gasteiger partial charge on any atom is 0.262 e. The van der Waals surface area contributed by atoms with Gasteiger partial charge in [-0.15, -0.1) is 20.4 Å². The van der Waals surface area contributed by atoms with E-state index in [2.05, 4.69) is 30.4 Å². The highest BCUT2D eigenvalue weighted by atomic mass is 35.5. The Morgan fingerprint density at radius 2 is 1.76 bits per heavy atom. The van der Waals surface area contributed by atoms with Gasteiger partial charge in [-0.1, -0.05) is 23.7 Å². The summed E-state index contributed by atoms with van der Waals surface area (Å²) in [7, 11) is 0. The highest BCUT2D eigenvalue weighted by Crippen LogP contribution is 2.36. The van der Waals surface area contributed by atoms with Gasteiger partial charge in [-0.3, -0.25) is 9.97 Å². The zero-order chi connectivity index (χ0) is 14.7. The second kappa shape index (κ2) is 6.30. The molecule has 0 spiro atoms. The molecular weight excluding hydrogens is 331 g/mol. The Kier molecular flexibility index (Phi) is 4.23. The van der Waals surface area contributed by atoms with Gasteiger partial charge in [-0.2, -0.15) is 0 Å². The van der Waals surface area contributed by atoms with E-state index in [1.807, 2.05) is 18.2 Å². The summed E-state index contributed by atoms with van der Waals surface area (Å²) >= 11 is 13.2. The van der Waals surface area contributed by atoms with Crippen LogP contribution in [0.25, 0.3) is 11.3 Å². The van der Waals surface area contributed by atoms with Gasteiger partial charge in [0.05, 0.1) is 16.9 Å². The molecule has 0 radical (unpaired) electrons. The molecular formula is C12H6Cl2N6S. The topological polar surface area (TPSA) is 77.3 Å². The fraction of sp³-hybridized carbons (Fsp3) is 0. The molecule has 6 nitrogen and oxygen atoms in total. The van der Waals surface area contributed by atoms with Crippen molar-refractivity contribution in [2.24, 2.45) is 0 Å². The molecule has 1 aromatic carbocycles. The first-order valence-electron chi connectivity index (χ1n) is 5.69. The number of halogens is 2. The summed E-state index contributed by atoms with van der Waals surface area (Å²) in [5.74, 6) is 0. The highest BCUT2D eigenvalue weighted by molar-refractivity contribution is 7.99. The fourth-order valence-corrected chi connectivity index (χ4v) is 2.69. The van der Waals surface area contributed by atoms with Crippen molar-refractivity contribution >= 4 is 35.0 Å². The molecule has 0 amide bonds. The Morgan fingerprint density at radius 1 is 0.952 bits per heavy atom. The van der Waals surface area contributed by atoms with Crippen molar-refractivity contribution in [2.75, 3.05) is 0 Å². The Morgan fingerprint density at radius 3 is 2.48 bits per heavy atom. The van der Waals surface area contributed by atoms with E-state index >= 15 is 0 Å². The number of benzene rings is 1. The molecule has 0 aliphatic carbocycles. The van der Waals surface area contributed by atoms with Gasteiger partial charge in [0, 0.05) is 22.9 Å². The van der Waals surface area contributed by atoms with E-state index in [1.165, 1.54) is 11.8 Å². The van der Waals surface area contributed by atoms with Crippen LogP contribution in [0.1, 0.15) is 0 Å². The smallest absolute Gasteiger partial charge is 0.261 e. The molecule has 2 aromatic heterocycles. The third-order valence-electron chi connectivity index (χ3n) is 2.44. The minimum Gasteiger partial charge on any atom is -0.261 e. The van der Waals surface area contributed by atoms with E-state index < -0.39 is 0 Å². The van der Waals surface area contributed by atoms with Crippen molar-refractivity contribution in [3.05, 3.63) is 47.1 Å². The van der Waals surface area contributed by atoms with Gasteiger partial charge >= 0.3 is 0 Å². The third kappa shape index (κ3) is 3.26. The molecule has 0 saturated heterocycles. The van der Waals surface area contributed by atoms with E-state index in [1.54, 1.807) is 18.6 Å². The van der Waals surface area contributed by atoms with E-state index in [0.29, 0.717) is 15.9 Å². The van der Waals surface area contributed by atoms with Gasteiger partial charge in [-0.25, -0.2) is 0 Å². The van der Waals surface area contributed by atoms with Crippen molar-refractivity contribution in [1.29, 1.82) is 0 Å². The predicted octanol–water partition coefficient (Wildman–Crippen LogP) is 3.18. The molecule has 9 heteroatoms. The number of hydrogen-bond acceptors (Lipinski definition) is 7. The highest BCUT2D eigenvalue weighted by Gasteiger charge is 2.12. The van der Waals surface area contributed by atoms with E-state index in [0.717, 1.165) is 10.5 Å². The summed E-state index contributed by atoms with van der Waals surface area (Å²) in [5.41, 5.74) is 1.47. The van der Waals surface area contributed by atoms with Crippen LogP contribution in [-0.4, -0.2) is 30.4 Å². The lowest BCUT2D eigenvalue weighted by atomic mass is 10.1. The molecule has 3 rings (SSSR count). The summed E-state index contributed by atoms with van der Waals surface area (Å²) in [6.07, 6.45) is 4.87. The number of hydrogen-bond donors (Lipinski definition) is 0. The Balaban J connectivity index is 1.95. The maximum atomic E-state index is 6.41. The van der Waals surface area contributed by atoms with Gasteiger partial charge in [0.1, 0.15) is 0 Å². The van der Waals surface area contributed by atoms with Crippen LogP contribution in [0.5, 0.6) is 0 Å². The Hall–Kier alpha value is -1.83. The first-order chi connectivity index (χ1) is 10.2. The Bertz CT molecular complexity index is 753. The minimum absolute atomic E-state index is 0.00115. The molecule has 2 heterocycles. The molecule has 0 atom stereocenters. The molecule has 0 N–H and O–H groups in total.